The van der Waals surface area contributed by atoms with Crippen LogP contribution in [0.3, 0.4) is 0 Å². The number of aliphatic imine (C=N–C) groups is 1. The number of carboxylic acids is 2. The molecule has 31 heavy (non-hydrogen) atoms. The van der Waals surface area contributed by atoms with E-state index in [0.29, 0.717) is 0 Å². The number of hydrogen-bond acceptors (Lipinski definition) is 11. The molecule has 0 bridgehead atoms. The standard InChI is InChI=1S/C17H19BN4O8S/c1-17(2,15(26)27)30-22-11(10-7-31-16(19)20-10)13(23)21-12(18(28)29)8-4-3-5-9(6-8)14(24)25/h3-7,12,28-29H,1-2H3,(H2,19,20)(H,21,23)(H,24,25)(H,26,27)/p-1/b22-11+/t12-/m0/s1. The van der Waals surface area contributed by atoms with E-state index in [1.807, 2.05) is 0 Å². The minimum absolute atomic E-state index is 0.0344. The second-order valence-corrected chi connectivity index (χ2v) is 7.53. The van der Waals surface area contributed by atoms with Crippen molar-refractivity contribution >= 4 is 47.1 Å². The topological polar surface area (TPSA) is 211 Å². The number of carboxylic acid groups (broad SMARTS) is 2. The molecule has 2 aromatic rings. The van der Waals surface area contributed by atoms with E-state index in [-0.39, 0.29) is 22.0 Å². The van der Waals surface area contributed by atoms with E-state index >= 15 is 0 Å². The monoisotopic (exact) mass is 449 g/mol. The molecule has 1 aromatic carbocycles. The van der Waals surface area contributed by atoms with Gasteiger partial charge in [0.1, 0.15) is 17.3 Å². The number of oxime groups is 1. The molecule has 12 nitrogen and oxygen atoms in total. The number of anilines is 1. The molecule has 0 fully saturated rings. The maximum absolute atomic E-state index is 12.8. The molecule has 0 spiro atoms. The van der Waals surface area contributed by atoms with Crippen LogP contribution in [0.4, 0.5) is 5.13 Å². The second-order valence-electron chi connectivity index (χ2n) is 6.64. The van der Waals surface area contributed by atoms with Crippen molar-refractivity contribution in [2.24, 2.45) is 10.1 Å². The van der Waals surface area contributed by atoms with Crippen LogP contribution >= 0.6 is 11.3 Å². The third-order valence-electron chi connectivity index (χ3n) is 3.86. The quantitative estimate of drug-likeness (QED) is 0.144. The largest absolute Gasteiger partial charge is 0.857 e. The number of rotatable bonds is 9. The molecule has 2 rings (SSSR count). The number of nitrogen functional groups attached to an aromatic ring is 1. The molecule has 164 valence electrons. The van der Waals surface area contributed by atoms with E-state index in [9.17, 15) is 24.7 Å². The number of thiazole rings is 1. The summed E-state index contributed by atoms with van der Waals surface area (Å²) in [6.45, 7) is 2.40. The van der Waals surface area contributed by atoms with E-state index in [2.05, 4.69) is 15.1 Å². The Morgan fingerprint density at radius 2 is 2.00 bits per heavy atom. The van der Waals surface area contributed by atoms with E-state index in [1.165, 1.54) is 37.4 Å². The molecule has 0 aliphatic rings. The number of benzene rings is 1. The number of nitrogens with zero attached hydrogens (tertiary/aromatic N) is 3. The van der Waals surface area contributed by atoms with Gasteiger partial charge in [-0.3, -0.25) is 4.99 Å². The summed E-state index contributed by atoms with van der Waals surface area (Å²) in [5, 5.41) is 55.5. The van der Waals surface area contributed by atoms with Gasteiger partial charge in [-0.05, 0) is 31.5 Å². The number of aromatic carboxylic acids is 1. The summed E-state index contributed by atoms with van der Waals surface area (Å²) in [5.74, 6) is -5.30. The highest BCUT2D eigenvalue weighted by atomic mass is 32.1. The van der Waals surface area contributed by atoms with Crippen LogP contribution in [-0.4, -0.2) is 61.5 Å². The molecule has 0 aliphatic carbocycles. The molecule has 0 aliphatic heterocycles. The molecule has 1 atom stereocenters. The van der Waals surface area contributed by atoms with Gasteiger partial charge < -0.3 is 35.9 Å². The highest BCUT2D eigenvalue weighted by molar-refractivity contribution is 7.13. The first kappa shape index (κ1) is 23.8. The zero-order chi connectivity index (χ0) is 23.3. The Labute approximate surface area is 180 Å². The molecular weight excluding hydrogens is 431 g/mol. The van der Waals surface area contributed by atoms with Gasteiger partial charge in [0.25, 0.3) is 0 Å². The predicted octanol–water partition coefficient (Wildman–Crippen LogP) is -0.481. The van der Waals surface area contributed by atoms with Gasteiger partial charge in [-0.15, -0.1) is 11.3 Å². The first-order valence-electron chi connectivity index (χ1n) is 8.58. The van der Waals surface area contributed by atoms with Crippen molar-refractivity contribution in [2.45, 2.75) is 25.4 Å². The van der Waals surface area contributed by atoms with Crippen molar-refractivity contribution in [2.75, 3.05) is 5.73 Å². The van der Waals surface area contributed by atoms with Crippen LogP contribution in [0.2, 0.25) is 0 Å². The zero-order valence-corrected chi connectivity index (χ0v) is 17.1. The van der Waals surface area contributed by atoms with Gasteiger partial charge in [-0.2, -0.15) is 0 Å². The number of carbonyl (C=O) groups is 2. The normalized spacial score (nSPS) is 13.5. The van der Waals surface area contributed by atoms with Crippen LogP contribution < -0.4 is 10.8 Å². The number of aliphatic carboxylic acids is 1. The Morgan fingerprint density at radius 1 is 1.32 bits per heavy atom. The smallest absolute Gasteiger partial charge is 0.482 e. The Kier molecular flexibility index (Phi) is 7.33. The van der Waals surface area contributed by atoms with Crippen molar-refractivity contribution < 1.29 is 39.8 Å². The first-order valence-corrected chi connectivity index (χ1v) is 9.46. The molecule has 0 amide bonds. The SMILES string of the molecule is CC(C)(O/N=C(/C([O-])=N[C@H](B(O)O)c1cccc(C(=O)O)c1)c1csc(N)n1)C(=O)O. The zero-order valence-electron chi connectivity index (χ0n) is 16.3. The Hall–Kier alpha value is -3.49. The molecule has 1 heterocycles. The summed E-state index contributed by atoms with van der Waals surface area (Å²) < 4.78 is 0. The van der Waals surface area contributed by atoms with Crippen LogP contribution in [0.15, 0.2) is 39.8 Å². The van der Waals surface area contributed by atoms with Crippen molar-refractivity contribution in [3.63, 3.8) is 0 Å². The lowest BCUT2D eigenvalue weighted by Crippen LogP contribution is -2.36. The summed E-state index contributed by atoms with van der Waals surface area (Å²) in [6.07, 6.45) is 0. The summed E-state index contributed by atoms with van der Waals surface area (Å²) in [5.41, 5.74) is 3.07. The molecule has 0 unspecified atom stereocenters. The van der Waals surface area contributed by atoms with Gasteiger partial charge in [0.15, 0.2) is 5.13 Å². The number of aromatic nitrogens is 1. The fraction of sp³-hybridized carbons (Fsp3) is 0.235. The maximum atomic E-state index is 12.8. The summed E-state index contributed by atoms with van der Waals surface area (Å²) in [7, 11) is -2.16. The first-order chi connectivity index (χ1) is 14.4. The van der Waals surface area contributed by atoms with Gasteiger partial charge in [-0.1, -0.05) is 17.3 Å². The van der Waals surface area contributed by atoms with Crippen molar-refractivity contribution in [1.82, 2.24) is 4.98 Å². The molecule has 0 radical (unpaired) electrons. The minimum atomic E-state index is -2.16. The third kappa shape index (κ3) is 6.00. The van der Waals surface area contributed by atoms with E-state index < -0.39 is 42.2 Å². The molecule has 6 N–H and O–H groups in total. The van der Waals surface area contributed by atoms with E-state index in [4.69, 9.17) is 20.8 Å². The fourth-order valence-electron chi connectivity index (χ4n) is 2.15. The number of nitrogens with two attached hydrogens (primary N) is 1. The highest BCUT2D eigenvalue weighted by Crippen LogP contribution is 2.21. The minimum Gasteiger partial charge on any atom is -0.857 e. The average molecular weight is 449 g/mol. The number of hydrogen-bond donors (Lipinski definition) is 5. The van der Waals surface area contributed by atoms with E-state index in [0.717, 1.165) is 17.4 Å². The lowest BCUT2D eigenvalue weighted by Gasteiger charge is -2.21. The van der Waals surface area contributed by atoms with E-state index in [1.54, 1.807) is 0 Å². The van der Waals surface area contributed by atoms with Gasteiger partial charge >= 0.3 is 19.1 Å². The predicted molar refractivity (Wildman–Crippen MR) is 110 cm³/mol. The summed E-state index contributed by atoms with van der Waals surface area (Å²) in [4.78, 5) is 35.0. The molecule has 0 saturated carbocycles. The second kappa shape index (κ2) is 9.55. The van der Waals surface area contributed by atoms with Gasteiger partial charge in [0.05, 0.1) is 5.56 Å². The van der Waals surface area contributed by atoms with Crippen LogP contribution in [0, 0.1) is 0 Å². The summed E-state index contributed by atoms with van der Waals surface area (Å²) >= 11 is 0.973. The molecule has 0 saturated heterocycles. The lowest BCUT2D eigenvalue weighted by molar-refractivity contribution is -0.210. The molecule has 1 aromatic heterocycles. The third-order valence-corrected chi connectivity index (χ3v) is 4.54. The van der Waals surface area contributed by atoms with Gasteiger partial charge in [0, 0.05) is 11.3 Å². The van der Waals surface area contributed by atoms with Crippen molar-refractivity contribution in [3.05, 3.63) is 46.5 Å². The Morgan fingerprint density at radius 3 is 2.52 bits per heavy atom. The van der Waals surface area contributed by atoms with Gasteiger partial charge in [-0.25, -0.2) is 14.6 Å². The molecule has 14 heteroatoms. The summed E-state index contributed by atoms with van der Waals surface area (Å²) in [6, 6.07) is 5.12. The van der Waals surface area contributed by atoms with Gasteiger partial charge in [0.2, 0.25) is 5.60 Å². The average Bonchev–Trinajstić information content (AvgIpc) is 3.11. The highest BCUT2D eigenvalue weighted by Gasteiger charge is 2.31. The maximum Gasteiger partial charge on any atom is 0.482 e. The Balaban J connectivity index is 2.52. The molecular formula is C17H18BN4O8S-. The lowest BCUT2D eigenvalue weighted by atomic mass is 9.75. The van der Waals surface area contributed by atoms with Crippen LogP contribution in [0.25, 0.3) is 0 Å². The van der Waals surface area contributed by atoms with Crippen LogP contribution in [-0.2, 0) is 9.63 Å². The van der Waals surface area contributed by atoms with Crippen molar-refractivity contribution in [1.29, 1.82) is 0 Å². The van der Waals surface area contributed by atoms with Crippen LogP contribution in [0.1, 0.15) is 41.4 Å². The van der Waals surface area contributed by atoms with Crippen molar-refractivity contribution in [3.8, 4) is 0 Å². The Bertz CT molecular complexity index is 1040. The van der Waals surface area contributed by atoms with Crippen LogP contribution in [0.5, 0.6) is 0 Å². The fourth-order valence-corrected chi connectivity index (χ4v) is 2.69.